The van der Waals surface area contributed by atoms with E-state index < -0.39 is 0 Å². The Bertz CT molecular complexity index is 483. The van der Waals surface area contributed by atoms with Crippen molar-refractivity contribution in [3.8, 4) is 0 Å². The number of hydrogen-bond donors (Lipinski definition) is 0. The minimum Gasteiger partial charge on any atom is -0.0654 e. The van der Waals surface area contributed by atoms with Gasteiger partial charge in [0.25, 0.3) is 0 Å². The smallest absolute Gasteiger partial charge is 0.0242 e. The quantitative estimate of drug-likeness (QED) is 0.457. The zero-order valence-corrected chi connectivity index (χ0v) is 16.3. The van der Waals surface area contributed by atoms with Crippen LogP contribution in [0.3, 0.4) is 0 Å². The second-order valence-electron chi connectivity index (χ2n) is 8.21. The zero-order valence-electron chi connectivity index (χ0n) is 16.3. The summed E-state index contributed by atoms with van der Waals surface area (Å²) >= 11 is 0. The fourth-order valence-corrected chi connectivity index (χ4v) is 4.73. The average molecular weight is 315 g/mol. The maximum Gasteiger partial charge on any atom is -0.0242 e. The van der Waals surface area contributed by atoms with Crippen LogP contribution in [0.4, 0.5) is 0 Å². The molecule has 1 aromatic carbocycles. The average Bonchev–Trinajstić information content (AvgIpc) is 2.52. The van der Waals surface area contributed by atoms with Gasteiger partial charge < -0.3 is 0 Å². The monoisotopic (exact) mass is 314 g/mol. The third-order valence-electron chi connectivity index (χ3n) is 6.03. The van der Waals surface area contributed by atoms with Gasteiger partial charge in [0, 0.05) is 0 Å². The fraction of sp³-hybridized carbons (Fsp3) is 0.739. The van der Waals surface area contributed by atoms with Crippen LogP contribution in [0, 0.1) is 24.7 Å². The van der Waals surface area contributed by atoms with Gasteiger partial charge in [-0.25, -0.2) is 0 Å². The summed E-state index contributed by atoms with van der Waals surface area (Å²) in [5.41, 5.74) is 6.52. The highest BCUT2D eigenvalue weighted by molar-refractivity contribution is 5.40. The molecule has 0 nitrogen and oxygen atoms in total. The number of rotatable bonds is 8. The van der Waals surface area contributed by atoms with Crippen LogP contribution in [0.15, 0.2) is 12.1 Å². The van der Waals surface area contributed by atoms with Crippen LogP contribution in [0.2, 0.25) is 0 Å². The van der Waals surface area contributed by atoms with Crippen molar-refractivity contribution in [3.05, 3.63) is 34.4 Å². The molecule has 1 unspecified atom stereocenters. The molecule has 1 aromatic rings. The fourth-order valence-electron chi connectivity index (χ4n) is 4.73. The highest BCUT2D eigenvalue weighted by Crippen LogP contribution is 2.37. The summed E-state index contributed by atoms with van der Waals surface area (Å²) in [6, 6.07) is 5.03. The predicted molar refractivity (Wildman–Crippen MR) is 103 cm³/mol. The lowest BCUT2D eigenvalue weighted by atomic mass is 9.70. The third-order valence-corrected chi connectivity index (χ3v) is 6.03. The SMILES string of the molecule is CCCCCc1cc(C)c2c(c1)CC[C@H](C(CCC)C(C)C)C2. The summed E-state index contributed by atoms with van der Waals surface area (Å²) in [5, 5.41) is 0. The van der Waals surface area contributed by atoms with Crippen molar-refractivity contribution in [2.45, 2.75) is 92.4 Å². The van der Waals surface area contributed by atoms with Crippen molar-refractivity contribution in [2.75, 3.05) is 0 Å². The van der Waals surface area contributed by atoms with E-state index in [1.54, 1.807) is 22.3 Å². The number of fused-ring (bicyclic) bond motifs is 1. The van der Waals surface area contributed by atoms with E-state index in [9.17, 15) is 0 Å². The van der Waals surface area contributed by atoms with Crippen LogP contribution >= 0.6 is 0 Å². The summed E-state index contributed by atoms with van der Waals surface area (Å²) in [7, 11) is 0. The Morgan fingerprint density at radius 1 is 1.09 bits per heavy atom. The molecule has 0 aromatic heterocycles. The molecule has 23 heavy (non-hydrogen) atoms. The van der Waals surface area contributed by atoms with Crippen LogP contribution in [0.25, 0.3) is 0 Å². The van der Waals surface area contributed by atoms with Gasteiger partial charge in [-0.3, -0.25) is 0 Å². The molecule has 0 fully saturated rings. The molecule has 1 aliphatic carbocycles. The van der Waals surface area contributed by atoms with Crippen molar-refractivity contribution >= 4 is 0 Å². The van der Waals surface area contributed by atoms with E-state index in [0.29, 0.717) is 0 Å². The molecule has 0 amide bonds. The molecular formula is C23H38. The molecule has 0 heteroatoms. The Labute approximate surface area is 145 Å². The summed E-state index contributed by atoms with van der Waals surface area (Å²) < 4.78 is 0. The summed E-state index contributed by atoms with van der Waals surface area (Å²) in [6.45, 7) is 11.9. The van der Waals surface area contributed by atoms with E-state index in [1.807, 2.05) is 0 Å². The van der Waals surface area contributed by atoms with E-state index in [1.165, 1.54) is 57.8 Å². The Kier molecular flexibility index (Phi) is 7.18. The van der Waals surface area contributed by atoms with Crippen LogP contribution < -0.4 is 0 Å². The number of benzene rings is 1. The van der Waals surface area contributed by atoms with E-state index in [-0.39, 0.29) is 0 Å². The van der Waals surface area contributed by atoms with Crippen molar-refractivity contribution in [1.82, 2.24) is 0 Å². The molecule has 2 rings (SSSR count). The van der Waals surface area contributed by atoms with Gasteiger partial charge in [0.2, 0.25) is 0 Å². The van der Waals surface area contributed by atoms with Crippen molar-refractivity contribution < 1.29 is 0 Å². The van der Waals surface area contributed by atoms with Crippen molar-refractivity contribution in [3.63, 3.8) is 0 Å². The summed E-state index contributed by atoms with van der Waals surface area (Å²) in [4.78, 5) is 0. The van der Waals surface area contributed by atoms with Gasteiger partial charge in [-0.1, -0.05) is 65.5 Å². The van der Waals surface area contributed by atoms with Gasteiger partial charge in [-0.15, -0.1) is 0 Å². The molecule has 0 radical (unpaired) electrons. The lowest BCUT2D eigenvalue weighted by Crippen LogP contribution is -2.27. The maximum absolute atomic E-state index is 2.54. The van der Waals surface area contributed by atoms with Crippen LogP contribution in [-0.2, 0) is 19.3 Å². The molecule has 1 aliphatic rings. The van der Waals surface area contributed by atoms with Crippen molar-refractivity contribution in [2.24, 2.45) is 17.8 Å². The van der Waals surface area contributed by atoms with Gasteiger partial charge in [0.15, 0.2) is 0 Å². The topological polar surface area (TPSA) is 0 Å². The standard InChI is InChI=1S/C23H38/c1-6-8-9-11-19-14-18(5)23-16-21(13-12-20(23)15-19)22(10-7-2)17(3)4/h14-15,17,21-22H,6-13,16H2,1-5H3/t21-,22?/m0/s1. The van der Waals surface area contributed by atoms with Gasteiger partial charge in [-0.05, 0) is 79.0 Å². The molecular weight excluding hydrogens is 276 g/mol. The molecule has 0 spiro atoms. The largest absolute Gasteiger partial charge is 0.0654 e. The second kappa shape index (κ2) is 8.90. The first-order chi connectivity index (χ1) is 11.1. The van der Waals surface area contributed by atoms with E-state index >= 15 is 0 Å². The van der Waals surface area contributed by atoms with E-state index in [2.05, 4.69) is 46.8 Å². The summed E-state index contributed by atoms with van der Waals surface area (Å²) in [5.74, 6) is 2.65. The third kappa shape index (κ3) is 4.85. The number of hydrogen-bond acceptors (Lipinski definition) is 0. The Hall–Kier alpha value is -0.780. The first-order valence-corrected chi connectivity index (χ1v) is 10.2. The molecule has 130 valence electrons. The molecule has 2 atom stereocenters. The Balaban J connectivity index is 2.11. The van der Waals surface area contributed by atoms with E-state index in [4.69, 9.17) is 0 Å². The first kappa shape index (κ1) is 18.6. The molecule has 0 saturated carbocycles. The van der Waals surface area contributed by atoms with Gasteiger partial charge in [0.05, 0.1) is 0 Å². The van der Waals surface area contributed by atoms with Crippen LogP contribution in [0.1, 0.15) is 88.5 Å². The van der Waals surface area contributed by atoms with Gasteiger partial charge in [-0.2, -0.15) is 0 Å². The highest BCUT2D eigenvalue weighted by Gasteiger charge is 2.28. The Morgan fingerprint density at radius 2 is 1.87 bits per heavy atom. The Morgan fingerprint density at radius 3 is 2.52 bits per heavy atom. The molecule has 0 bridgehead atoms. The normalized spacial score (nSPS) is 19.0. The molecule has 0 aliphatic heterocycles. The van der Waals surface area contributed by atoms with Crippen LogP contribution in [0.5, 0.6) is 0 Å². The first-order valence-electron chi connectivity index (χ1n) is 10.2. The lowest BCUT2D eigenvalue weighted by Gasteiger charge is -2.35. The van der Waals surface area contributed by atoms with E-state index in [0.717, 1.165) is 17.8 Å². The summed E-state index contributed by atoms with van der Waals surface area (Å²) in [6.07, 6.45) is 12.1. The predicted octanol–water partition coefficient (Wildman–Crippen LogP) is 6.90. The molecule has 0 N–H and O–H groups in total. The minimum atomic E-state index is 0.829. The zero-order chi connectivity index (χ0) is 16.8. The van der Waals surface area contributed by atoms with Gasteiger partial charge in [0.1, 0.15) is 0 Å². The lowest BCUT2D eigenvalue weighted by molar-refractivity contribution is 0.214. The molecule has 0 heterocycles. The van der Waals surface area contributed by atoms with Crippen molar-refractivity contribution in [1.29, 1.82) is 0 Å². The number of unbranched alkanes of at least 4 members (excludes halogenated alkanes) is 2. The maximum atomic E-state index is 2.54. The number of aryl methyl sites for hydroxylation is 3. The highest BCUT2D eigenvalue weighted by atomic mass is 14.3. The van der Waals surface area contributed by atoms with Crippen LogP contribution in [-0.4, -0.2) is 0 Å². The van der Waals surface area contributed by atoms with Gasteiger partial charge >= 0.3 is 0 Å². The molecule has 0 saturated heterocycles. The minimum absolute atomic E-state index is 0.829. The second-order valence-corrected chi connectivity index (χ2v) is 8.21.